The van der Waals surface area contributed by atoms with Crippen LogP contribution in [0, 0.1) is 11.8 Å². The summed E-state index contributed by atoms with van der Waals surface area (Å²) >= 11 is 0. The first kappa shape index (κ1) is 17.2. The van der Waals surface area contributed by atoms with Gasteiger partial charge in [0.2, 0.25) is 0 Å². The topological polar surface area (TPSA) is 96.4 Å². The van der Waals surface area contributed by atoms with Crippen LogP contribution in [0.1, 0.15) is 6.92 Å². The number of hydrogen-bond donors (Lipinski definition) is 1. The molecule has 8 nitrogen and oxygen atoms in total. The number of methoxy groups -OCH3 is 2. The fourth-order valence-electron chi connectivity index (χ4n) is 2.39. The minimum atomic E-state index is -1.09. The lowest BCUT2D eigenvalue weighted by atomic mass is 9.99. The largest absolute Gasteiger partial charge is 0.480 e. The third-order valence-corrected chi connectivity index (χ3v) is 3.55. The third kappa shape index (κ3) is 4.59. The highest BCUT2D eigenvalue weighted by Gasteiger charge is 2.39. The molecule has 1 N–H and O–H groups in total. The van der Waals surface area contributed by atoms with Crippen LogP contribution in [0.2, 0.25) is 0 Å². The van der Waals surface area contributed by atoms with E-state index >= 15 is 0 Å². The second kappa shape index (κ2) is 7.82. The zero-order valence-electron chi connectivity index (χ0n) is 12.6. The summed E-state index contributed by atoms with van der Waals surface area (Å²) < 4.78 is 9.60. The maximum absolute atomic E-state index is 12.4. The summed E-state index contributed by atoms with van der Waals surface area (Å²) in [5.41, 5.74) is 0. The second-order valence-corrected chi connectivity index (χ2v) is 5.10. The van der Waals surface area contributed by atoms with Gasteiger partial charge in [-0.1, -0.05) is 6.92 Å². The molecular weight excluding hydrogens is 280 g/mol. The number of carbonyl (C=O) groups is 3. The molecule has 0 saturated carbocycles. The lowest BCUT2D eigenvalue weighted by molar-refractivity contribution is -0.146. The van der Waals surface area contributed by atoms with E-state index in [1.807, 2.05) is 6.92 Å². The molecule has 2 amide bonds. The third-order valence-electron chi connectivity index (χ3n) is 3.55. The Morgan fingerprint density at radius 3 is 2.48 bits per heavy atom. The maximum Gasteiger partial charge on any atom is 0.323 e. The molecule has 1 saturated heterocycles. The van der Waals surface area contributed by atoms with Crippen LogP contribution in [0.25, 0.3) is 0 Å². The van der Waals surface area contributed by atoms with Crippen LogP contribution in [0.4, 0.5) is 4.79 Å². The zero-order valence-corrected chi connectivity index (χ0v) is 12.6. The number of aliphatic carboxylic acids is 1. The van der Waals surface area contributed by atoms with Gasteiger partial charge in [0.1, 0.15) is 6.54 Å². The van der Waals surface area contributed by atoms with Crippen LogP contribution >= 0.6 is 0 Å². The minimum absolute atomic E-state index is 0.0181. The van der Waals surface area contributed by atoms with E-state index < -0.39 is 18.5 Å². The number of likely N-dealkylation sites (tertiary alicyclic amines) is 1. The maximum atomic E-state index is 12.4. The number of carbonyl (C=O) groups excluding carboxylic acids is 2. The van der Waals surface area contributed by atoms with E-state index in [-0.39, 0.29) is 37.5 Å². The van der Waals surface area contributed by atoms with Crippen molar-refractivity contribution >= 4 is 18.0 Å². The molecule has 0 spiro atoms. The standard InChI is InChI=1S/C13H22N2O6/c1-9-6-15(7-10(9)12(18)21-3)13(19)14(4-5-20-2)8-11(16)17/h9-10H,4-8H2,1-3H3,(H,16,17). The van der Waals surface area contributed by atoms with Crippen LogP contribution in [0.3, 0.4) is 0 Å². The molecule has 1 aliphatic heterocycles. The smallest absolute Gasteiger partial charge is 0.323 e. The van der Waals surface area contributed by atoms with Crippen molar-refractivity contribution < 1.29 is 29.0 Å². The highest BCUT2D eigenvalue weighted by atomic mass is 16.5. The van der Waals surface area contributed by atoms with Crippen molar-refractivity contribution in [2.45, 2.75) is 6.92 Å². The highest BCUT2D eigenvalue weighted by molar-refractivity contribution is 5.82. The predicted molar refractivity (Wildman–Crippen MR) is 72.7 cm³/mol. The lowest BCUT2D eigenvalue weighted by Gasteiger charge is -2.26. The molecule has 21 heavy (non-hydrogen) atoms. The average molecular weight is 302 g/mol. The Morgan fingerprint density at radius 1 is 1.29 bits per heavy atom. The molecule has 1 fully saturated rings. The van der Waals surface area contributed by atoms with E-state index in [1.165, 1.54) is 24.0 Å². The molecular formula is C13H22N2O6. The Hall–Kier alpha value is -1.83. The average Bonchev–Trinajstić information content (AvgIpc) is 2.83. The number of amides is 2. The van der Waals surface area contributed by atoms with Crippen molar-refractivity contribution in [2.24, 2.45) is 11.8 Å². The van der Waals surface area contributed by atoms with Crippen LogP contribution in [-0.2, 0) is 19.1 Å². The number of carboxylic acids is 1. The molecule has 1 aliphatic rings. The van der Waals surface area contributed by atoms with Crippen molar-refractivity contribution in [3.63, 3.8) is 0 Å². The zero-order chi connectivity index (χ0) is 16.0. The Kier molecular flexibility index (Phi) is 6.41. The first-order chi connectivity index (χ1) is 9.90. The molecule has 0 bridgehead atoms. The molecule has 2 unspecified atom stereocenters. The lowest BCUT2D eigenvalue weighted by Crippen LogP contribution is -2.46. The van der Waals surface area contributed by atoms with E-state index in [0.717, 1.165) is 0 Å². The molecule has 0 aliphatic carbocycles. The molecule has 0 aromatic rings. The molecule has 0 aromatic heterocycles. The van der Waals surface area contributed by atoms with Crippen molar-refractivity contribution in [2.75, 3.05) is 47.0 Å². The van der Waals surface area contributed by atoms with Crippen molar-refractivity contribution in [3.05, 3.63) is 0 Å². The van der Waals surface area contributed by atoms with E-state index in [0.29, 0.717) is 6.54 Å². The van der Waals surface area contributed by atoms with Gasteiger partial charge in [0, 0.05) is 26.7 Å². The molecule has 1 rings (SSSR count). The van der Waals surface area contributed by atoms with E-state index in [9.17, 15) is 14.4 Å². The SMILES string of the molecule is COCCN(CC(=O)O)C(=O)N1CC(C)C(C(=O)OC)C1. The van der Waals surface area contributed by atoms with Gasteiger partial charge in [-0.25, -0.2) is 4.79 Å². The van der Waals surface area contributed by atoms with Gasteiger partial charge >= 0.3 is 18.0 Å². The normalized spacial score (nSPS) is 21.2. The Morgan fingerprint density at radius 2 is 1.95 bits per heavy atom. The summed E-state index contributed by atoms with van der Waals surface area (Å²) in [4.78, 5) is 37.5. The summed E-state index contributed by atoms with van der Waals surface area (Å²) in [7, 11) is 2.80. The first-order valence-corrected chi connectivity index (χ1v) is 6.73. The monoisotopic (exact) mass is 302 g/mol. The fourth-order valence-corrected chi connectivity index (χ4v) is 2.39. The molecule has 120 valence electrons. The van der Waals surface area contributed by atoms with Gasteiger partial charge in [-0.05, 0) is 5.92 Å². The van der Waals surface area contributed by atoms with E-state index in [1.54, 1.807) is 0 Å². The van der Waals surface area contributed by atoms with Crippen LogP contribution < -0.4 is 0 Å². The predicted octanol–water partition coefficient (Wildman–Crippen LogP) is -0.120. The number of ether oxygens (including phenoxy) is 2. The second-order valence-electron chi connectivity index (χ2n) is 5.10. The summed E-state index contributed by atoms with van der Waals surface area (Å²) in [6, 6.07) is -0.396. The van der Waals surface area contributed by atoms with Gasteiger partial charge in [-0.3, -0.25) is 9.59 Å². The number of nitrogens with zero attached hydrogens (tertiary/aromatic N) is 2. The van der Waals surface area contributed by atoms with E-state index in [4.69, 9.17) is 14.6 Å². The van der Waals surface area contributed by atoms with Crippen molar-refractivity contribution in [1.29, 1.82) is 0 Å². The number of hydrogen-bond acceptors (Lipinski definition) is 5. The van der Waals surface area contributed by atoms with Gasteiger partial charge in [0.15, 0.2) is 0 Å². The van der Waals surface area contributed by atoms with Crippen LogP contribution in [0.15, 0.2) is 0 Å². The van der Waals surface area contributed by atoms with E-state index in [2.05, 4.69) is 0 Å². The van der Waals surface area contributed by atoms with Crippen LogP contribution in [-0.4, -0.2) is 79.9 Å². The molecule has 1 heterocycles. The Labute approximate surface area is 123 Å². The minimum Gasteiger partial charge on any atom is -0.480 e. The van der Waals surface area contributed by atoms with Crippen LogP contribution in [0.5, 0.6) is 0 Å². The van der Waals surface area contributed by atoms with Gasteiger partial charge in [0.05, 0.1) is 19.6 Å². The van der Waals surface area contributed by atoms with Gasteiger partial charge < -0.3 is 24.4 Å². The summed E-state index contributed by atoms with van der Waals surface area (Å²) in [6.07, 6.45) is 0. The molecule has 8 heteroatoms. The number of carboxylic acid groups (broad SMARTS) is 1. The van der Waals surface area contributed by atoms with Gasteiger partial charge in [-0.15, -0.1) is 0 Å². The van der Waals surface area contributed by atoms with Crippen molar-refractivity contribution in [3.8, 4) is 0 Å². The number of rotatable bonds is 6. The summed E-state index contributed by atoms with van der Waals surface area (Å²) in [5.74, 6) is -1.82. The van der Waals surface area contributed by atoms with Gasteiger partial charge in [-0.2, -0.15) is 0 Å². The Bertz CT molecular complexity index is 400. The quantitative estimate of drug-likeness (QED) is 0.687. The first-order valence-electron chi connectivity index (χ1n) is 6.73. The molecule has 2 atom stereocenters. The molecule has 0 radical (unpaired) electrons. The fraction of sp³-hybridized carbons (Fsp3) is 0.769. The van der Waals surface area contributed by atoms with Crippen molar-refractivity contribution in [1.82, 2.24) is 9.80 Å². The highest BCUT2D eigenvalue weighted by Crippen LogP contribution is 2.25. The molecule has 0 aromatic carbocycles. The number of esters is 1. The summed E-state index contributed by atoms with van der Waals surface area (Å²) in [5, 5.41) is 8.88. The Balaban J connectivity index is 2.71. The van der Waals surface area contributed by atoms with Gasteiger partial charge in [0.25, 0.3) is 0 Å². The number of urea groups is 1. The summed E-state index contributed by atoms with van der Waals surface area (Å²) in [6.45, 7) is 2.57.